The Hall–Kier alpha value is -3.48. The number of aliphatic hydroxyl groups is 5. The number of benzene rings is 2. The van der Waals surface area contributed by atoms with Gasteiger partial charge in [0.1, 0.15) is 45.5 Å². The molecule has 0 amide bonds. The molecule has 0 radical (unpaired) electrons. The van der Waals surface area contributed by atoms with Crippen LogP contribution in [0.1, 0.15) is 103 Å². The van der Waals surface area contributed by atoms with E-state index >= 15 is 4.79 Å². The molecule has 54 heavy (non-hydrogen) atoms. The Morgan fingerprint density at radius 1 is 1.09 bits per heavy atom. The predicted molar refractivity (Wildman–Crippen MR) is 205 cm³/mol. The highest BCUT2D eigenvalue weighted by molar-refractivity contribution is 8.76. The molecule has 0 unspecified atom stereocenters. The van der Waals surface area contributed by atoms with E-state index in [1.165, 1.54) is 6.08 Å². The smallest absolute Gasteiger partial charge is 0.201 e. The van der Waals surface area contributed by atoms with E-state index in [4.69, 9.17) is 25.4 Å². The Morgan fingerprint density at radius 2 is 1.83 bits per heavy atom. The quantitative estimate of drug-likeness (QED) is 0.0414. The minimum atomic E-state index is -2.04. The van der Waals surface area contributed by atoms with Gasteiger partial charge in [-0.2, -0.15) is 0 Å². The third kappa shape index (κ3) is 6.15. The Balaban J connectivity index is 1.50. The Labute approximate surface area is 319 Å². The number of rotatable bonds is 7. The van der Waals surface area contributed by atoms with E-state index in [-0.39, 0.29) is 69.5 Å². The summed E-state index contributed by atoms with van der Waals surface area (Å²) in [5.74, 6) is -1.02. The lowest BCUT2D eigenvalue weighted by atomic mass is 9.73. The molecule has 0 saturated heterocycles. The van der Waals surface area contributed by atoms with Crippen molar-refractivity contribution < 1.29 is 44.6 Å². The van der Waals surface area contributed by atoms with Crippen molar-refractivity contribution in [1.29, 1.82) is 0 Å². The molecule has 2 saturated carbocycles. The van der Waals surface area contributed by atoms with E-state index in [0.717, 1.165) is 47.3 Å². The van der Waals surface area contributed by atoms with Gasteiger partial charge in [-0.05, 0) is 75.6 Å². The van der Waals surface area contributed by atoms with Gasteiger partial charge in [0.15, 0.2) is 12.2 Å². The monoisotopic (exact) mass is 782 g/mol. The van der Waals surface area contributed by atoms with E-state index in [9.17, 15) is 30.7 Å². The first-order chi connectivity index (χ1) is 25.8. The van der Waals surface area contributed by atoms with Crippen LogP contribution in [-0.4, -0.2) is 78.7 Å². The number of allylic oxidation sites excluding steroid dienone is 1. The van der Waals surface area contributed by atoms with E-state index in [1.54, 1.807) is 37.3 Å². The summed E-state index contributed by atoms with van der Waals surface area (Å²) >= 11 is 0. The van der Waals surface area contributed by atoms with Crippen LogP contribution >= 0.6 is 21.6 Å². The van der Waals surface area contributed by atoms with Crippen LogP contribution in [0.25, 0.3) is 11.0 Å². The summed E-state index contributed by atoms with van der Waals surface area (Å²) in [6, 6.07) is 6.79. The van der Waals surface area contributed by atoms with Crippen molar-refractivity contribution in [1.82, 2.24) is 0 Å². The average Bonchev–Trinajstić information content (AvgIpc) is 3.79. The van der Waals surface area contributed by atoms with Gasteiger partial charge in [0.2, 0.25) is 5.43 Å². The first kappa shape index (κ1) is 37.4. The molecule has 0 spiro atoms. The van der Waals surface area contributed by atoms with Crippen LogP contribution in [-0.2, 0) is 5.60 Å². The summed E-state index contributed by atoms with van der Waals surface area (Å²) in [5, 5.41) is 66.0. The van der Waals surface area contributed by atoms with Gasteiger partial charge in [0.25, 0.3) is 0 Å². The van der Waals surface area contributed by atoms with Crippen LogP contribution in [0.4, 0.5) is 5.69 Å². The second-order valence-electron chi connectivity index (χ2n) is 15.6. The van der Waals surface area contributed by atoms with Gasteiger partial charge in [0, 0.05) is 29.6 Å². The van der Waals surface area contributed by atoms with Crippen LogP contribution < -0.4 is 31.8 Å². The first-order valence-electron chi connectivity index (χ1n) is 18.3. The second-order valence-corrected chi connectivity index (χ2v) is 18.1. The molecule has 7 atom stereocenters. The van der Waals surface area contributed by atoms with Crippen LogP contribution in [0.15, 0.2) is 50.6 Å². The van der Waals surface area contributed by atoms with Crippen LogP contribution in [0, 0.1) is 0 Å². The number of anilines is 1. The lowest BCUT2D eigenvalue weighted by Gasteiger charge is -2.38. The molecular formula is C38H46N4O10S2. The third-order valence-corrected chi connectivity index (χ3v) is 14.6. The summed E-state index contributed by atoms with van der Waals surface area (Å²) in [7, 11) is 2.22. The number of nitrogens with two attached hydrogens (primary N) is 2. The van der Waals surface area contributed by atoms with Crippen LogP contribution in [0.3, 0.4) is 0 Å². The van der Waals surface area contributed by atoms with Gasteiger partial charge in [-0.15, -0.1) is 0 Å². The molecule has 2 bridgehead atoms. The molecule has 3 aromatic rings. The fourth-order valence-corrected chi connectivity index (χ4v) is 12.2. The van der Waals surface area contributed by atoms with Crippen molar-refractivity contribution in [2.75, 3.05) is 17.8 Å². The number of nitrogens with one attached hydrogen (secondary N) is 1. The zero-order chi connectivity index (χ0) is 38.2. The third-order valence-electron chi connectivity index (χ3n) is 11.7. The van der Waals surface area contributed by atoms with Crippen molar-refractivity contribution in [2.45, 2.75) is 111 Å². The summed E-state index contributed by atoms with van der Waals surface area (Å²) in [4.78, 5) is 20.0. The van der Waals surface area contributed by atoms with Gasteiger partial charge in [0.05, 0.1) is 40.4 Å². The molecule has 290 valence electrons. The maximum atomic E-state index is 15.6. The largest absolute Gasteiger partial charge is 0.489 e. The maximum absolute atomic E-state index is 15.6. The molecule has 3 aliphatic carbocycles. The zero-order valence-electron chi connectivity index (χ0n) is 29.7. The molecule has 16 heteroatoms. The van der Waals surface area contributed by atoms with Crippen LogP contribution in [0.5, 0.6) is 11.5 Å². The van der Waals surface area contributed by atoms with E-state index in [0.29, 0.717) is 36.1 Å². The molecule has 11 N–H and O–H groups in total. The summed E-state index contributed by atoms with van der Waals surface area (Å²) in [5.41, 5.74) is 10.6. The number of guanidine groups is 1. The van der Waals surface area contributed by atoms with Gasteiger partial charge >= 0.3 is 0 Å². The standard InChI is InChI=1S/C38H46N4O10S2/c1-36(47)13-4-7-22-24-28(50-20-5-2-3-6-20)25-27(44)23-21(18-8-10-19(42-49)11-9-18)12-14-38(48)15-37(16-43,41-35(39)40)17-53-54-31(34(45)46)26(29(24)51-32(22)36)30(25)52-33(23)38/h8-12,14,20-22,31-32,34,42-43,45-49H,2-7,13,15-17H2,1H3,(H4,39,40,41)/t21-,22-,31-,32+,36+,37-,38-/m1/s1. The fraction of sp³-hybridized carbons (Fsp3) is 0.526. The van der Waals surface area contributed by atoms with Gasteiger partial charge in [-0.1, -0.05) is 39.8 Å². The number of fused-ring (bicyclic) bond motifs is 4. The number of nitrogens with zero attached hydrogens (tertiary/aromatic N) is 1. The summed E-state index contributed by atoms with van der Waals surface area (Å²) < 4.78 is 20.5. The number of hydrogen-bond donors (Lipinski definition) is 9. The molecule has 2 aliphatic heterocycles. The molecule has 5 aliphatic rings. The van der Waals surface area contributed by atoms with Gasteiger partial charge in [-0.3, -0.25) is 15.5 Å². The van der Waals surface area contributed by atoms with Crippen molar-refractivity contribution >= 4 is 44.2 Å². The van der Waals surface area contributed by atoms with E-state index in [2.05, 4.69) is 10.5 Å². The van der Waals surface area contributed by atoms with Crippen LogP contribution in [0.2, 0.25) is 0 Å². The van der Waals surface area contributed by atoms with E-state index in [1.807, 2.05) is 0 Å². The lowest BCUT2D eigenvalue weighted by molar-refractivity contribution is -0.0734. The van der Waals surface area contributed by atoms with Crippen molar-refractivity contribution in [3.63, 3.8) is 0 Å². The molecule has 2 fully saturated rings. The Morgan fingerprint density at radius 3 is 2.50 bits per heavy atom. The summed E-state index contributed by atoms with van der Waals surface area (Å²) in [6.07, 6.45) is 5.26. The highest BCUT2D eigenvalue weighted by Gasteiger charge is 2.54. The Kier molecular flexibility index (Phi) is 9.65. The SMILES string of the molecule is C[C@]1(O)CCC[C@@H]2c3c(c4c5oc6c(c(=O)c5c3OC3CCCC3)[C@@H](c3ccc(NO)cc3)C=C[C@@]6(O)C[C@](CO)(N=C(N)N)CSS[C@H]4C(O)O)O[C@@H]21. The topological polar surface area (TPSA) is 246 Å². The molecular weight excluding hydrogens is 737 g/mol. The predicted octanol–water partition coefficient (Wildman–Crippen LogP) is 3.73. The lowest BCUT2D eigenvalue weighted by Crippen LogP contribution is -2.47. The zero-order valence-corrected chi connectivity index (χ0v) is 31.4. The molecule has 1 aromatic heterocycles. The van der Waals surface area contributed by atoms with Crippen molar-refractivity contribution in [2.24, 2.45) is 16.5 Å². The number of hydrogen-bond acceptors (Lipinski definition) is 14. The molecule has 2 aromatic carbocycles. The molecule has 8 rings (SSSR count). The number of aliphatic hydroxyl groups excluding tert-OH is 2. The average molecular weight is 783 g/mol. The van der Waals surface area contributed by atoms with Gasteiger partial charge < -0.3 is 50.9 Å². The van der Waals surface area contributed by atoms with Crippen molar-refractivity contribution in [3.8, 4) is 11.5 Å². The highest BCUT2D eigenvalue weighted by atomic mass is 33.1. The first-order valence-corrected chi connectivity index (χ1v) is 20.7. The minimum absolute atomic E-state index is 0.00905. The Bertz CT molecular complexity index is 2060. The normalized spacial score (nSPS) is 31.9. The van der Waals surface area contributed by atoms with Gasteiger partial charge in [-0.25, -0.2) is 4.99 Å². The minimum Gasteiger partial charge on any atom is -0.489 e. The maximum Gasteiger partial charge on any atom is 0.201 e. The highest BCUT2D eigenvalue weighted by Crippen LogP contribution is 2.61. The van der Waals surface area contributed by atoms with E-state index < -0.39 is 52.3 Å². The number of ether oxygens (including phenoxy) is 2. The summed E-state index contributed by atoms with van der Waals surface area (Å²) in [6.45, 7) is 1.12. The molecule has 14 nitrogen and oxygen atoms in total. The number of aliphatic imine (C=N–C) groups is 1. The van der Waals surface area contributed by atoms with Crippen molar-refractivity contribution in [3.05, 3.63) is 74.7 Å². The fourth-order valence-electron chi connectivity index (χ4n) is 9.20. The second kappa shape index (κ2) is 13.9. The molecule has 3 heterocycles.